The lowest BCUT2D eigenvalue weighted by atomic mass is 10.0. The monoisotopic (exact) mass is 286 g/mol. The molecule has 0 spiro atoms. The van der Waals surface area contributed by atoms with Gasteiger partial charge in [0.1, 0.15) is 0 Å². The van der Waals surface area contributed by atoms with Gasteiger partial charge in [0.05, 0.1) is 0 Å². The van der Waals surface area contributed by atoms with Gasteiger partial charge in [-0.05, 0) is 17.8 Å². The fraction of sp³-hybridized carbons (Fsp3) is 1.00. The molecule has 0 heterocycles. The van der Waals surface area contributed by atoms with Gasteiger partial charge in [0.25, 0.3) is 0 Å². The van der Waals surface area contributed by atoms with Crippen molar-refractivity contribution in [3.8, 4) is 0 Å². The molecule has 0 aliphatic carbocycles. The zero-order valence-electron chi connectivity index (χ0n) is 16.4. The summed E-state index contributed by atoms with van der Waals surface area (Å²) in [5, 5.41) is 0. The molecule has 0 aliphatic rings. The van der Waals surface area contributed by atoms with Gasteiger partial charge in [-0.2, -0.15) is 0 Å². The molecule has 126 valence electrons. The normalized spacial score (nSPS) is 10.2. The Morgan fingerprint density at radius 1 is 0.450 bits per heavy atom. The van der Waals surface area contributed by atoms with E-state index in [4.69, 9.17) is 0 Å². The third kappa shape index (κ3) is 26.5. The molecule has 0 atom stereocenters. The van der Waals surface area contributed by atoms with Crippen molar-refractivity contribution >= 4 is 0 Å². The second-order valence-corrected chi connectivity index (χ2v) is 6.53. The molecule has 0 N–H and O–H groups in total. The predicted octanol–water partition coefficient (Wildman–Crippen LogP) is 8.11. The highest BCUT2D eigenvalue weighted by molar-refractivity contribution is 4.49. The number of hydrogen-bond donors (Lipinski definition) is 0. The van der Waals surface area contributed by atoms with Crippen LogP contribution in [0.3, 0.4) is 0 Å². The van der Waals surface area contributed by atoms with E-state index in [1.165, 1.54) is 51.4 Å². The summed E-state index contributed by atoms with van der Waals surface area (Å²) in [6.45, 7) is 20.3. The maximum Gasteiger partial charge on any atom is -0.0443 e. The molecule has 0 rings (SSSR count). The minimum absolute atomic E-state index is 0.935. The highest BCUT2D eigenvalue weighted by atomic mass is 14.0. The summed E-state index contributed by atoms with van der Waals surface area (Å²) in [5.74, 6) is 2.83. The molecular weight excluding hydrogens is 240 g/mol. The van der Waals surface area contributed by atoms with E-state index in [-0.39, 0.29) is 0 Å². The maximum atomic E-state index is 2.34. The number of hydrogen-bond acceptors (Lipinski definition) is 0. The second-order valence-electron chi connectivity index (χ2n) is 6.53. The lowest BCUT2D eigenvalue weighted by Crippen LogP contribution is -1.91. The topological polar surface area (TPSA) is 0 Å². The smallest absolute Gasteiger partial charge is 0.0443 e. The Kier molecular flexibility index (Phi) is 26.6. The van der Waals surface area contributed by atoms with Crippen molar-refractivity contribution in [2.24, 2.45) is 17.8 Å². The summed E-state index contributed by atoms with van der Waals surface area (Å²) >= 11 is 0. The average Bonchev–Trinajstić information content (AvgIpc) is 2.47. The molecular formula is C20H46. The van der Waals surface area contributed by atoms with Gasteiger partial charge in [-0.3, -0.25) is 0 Å². The molecule has 0 fully saturated rings. The van der Waals surface area contributed by atoms with Crippen molar-refractivity contribution < 1.29 is 0 Å². The van der Waals surface area contributed by atoms with Crippen LogP contribution in [-0.4, -0.2) is 0 Å². The summed E-state index contributed by atoms with van der Waals surface area (Å²) in [4.78, 5) is 0. The molecule has 0 aliphatic heterocycles. The third-order valence-corrected chi connectivity index (χ3v) is 4.35. The van der Waals surface area contributed by atoms with E-state index < -0.39 is 0 Å². The van der Waals surface area contributed by atoms with Crippen LogP contribution in [-0.2, 0) is 0 Å². The molecule has 20 heavy (non-hydrogen) atoms. The van der Waals surface area contributed by atoms with E-state index >= 15 is 0 Å². The molecule has 0 saturated heterocycles. The summed E-state index contributed by atoms with van der Waals surface area (Å²) in [6.07, 6.45) is 10.8. The summed E-state index contributed by atoms with van der Waals surface area (Å²) in [7, 11) is 0. The summed E-state index contributed by atoms with van der Waals surface area (Å²) in [6, 6.07) is 0. The zero-order valence-corrected chi connectivity index (χ0v) is 16.4. The van der Waals surface area contributed by atoms with E-state index in [2.05, 4.69) is 62.3 Å². The summed E-state index contributed by atoms with van der Waals surface area (Å²) in [5.41, 5.74) is 0. The minimum Gasteiger partial charge on any atom is -0.0654 e. The van der Waals surface area contributed by atoms with E-state index in [1.54, 1.807) is 0 Å². The molecule has 0 nitrogen and oxygen atoms in total. The highest BCUT2D eigenvalue weighted by Gasteiger charge is 1.95. The lowest BCUT2D eigenvalue weighted by Gasteiger charge is -2.05. The molecule has 0 aromatic heterocycles. The van der Waals surface area contributed by atoms with E-state index in [1.807, 2.05) is 0 Å². The molecule has 0 radical (unpaired) electrons. The Bertz CT molecular complexity index is 115. The van der Waals surface area contributed by atoms with Gasteiger partial charge in [0.2, 0.25) is 0 Å². The Hall–Kier alpha value is 0. The van der Waals surface area contributed by atoms with Gasteiger partial charge in [0.15, 0.2) is 0 Å². The van der Waals surface area contributed by atoms with Crippen LogP contribution < -0.4 is 0 Å². The van der Waals surface area contributed by atoms with Gasteiger partial charge < -0.3 is 0 Å². The van der Waals surface area contributed by atoms with Crippen LogP contribution in [0.25, 0.3) is 0 Å². The van der Waals surface area contributed by atoms with Crippen molar-refractivity contribution in [1.82, 2.24) is 0 Å². The maximum absolute atomic E-state index is 2.34. The van der Waals surface area contributed by atoms with Gasteiger partial charge in [0, 0.05) is 0 Å². The molecule has 0 amide bonds. The van der Waals surface area contributed by atoms with E-state index in [0.717, 1.165) is 17.8 Å². The van der Waals surface area contributed by atoms with Crippen molar-refractivity contribution in [2.75, 3.05) is 0 Å². The Labute approximate surface area is 132 Å². The largest absolute Gasteiger partial charge is 0.0654 e. The second kappa shape index (κ2) is 21.3. The van der Waals surface area contributed by atoms with Crippen LogP contribution >= 0.6 is 0 Å². The first-order valence-corrected chi connectivity index (χ1v) is 9.42. The van der Waals surface area contributed by atoms with Crippen LogP contribution in [0.5, 0.6) is 0 Å². The van der Waals surface area contributed by atoms with Crippen molar-refractivity contribution in [3.05, 3.63) is 0 Å². The van der Waals surface area contributed by atoms with Gasteiger partial charge in [-0.1, -0.05) is 114 Å². The molecule has 0 aromatic carbocycles. The molecule has 0 aromatic rings. The summed E-state index contributed by atoms with van der Waals surface area (Å²) < 4.78 is 0. The van der Waals surface area contributed by atoms with Gasteiger partial charge in [-0.15, -0.1) is 0 Å². The van der Waals surface area contributed by atoms with Crippen LogP contribution in [0.1, 0.15) is 114 Å². The Morgan fingerprint density at radius 3 is 0.800 bits per heavy atom. The van der Waals surface area contributed by atoms with E-state index in [0.29, 0.717) is 0 Å². The van der Waals surface area contributed by atoms with E-state index in [9.17, 15) is 0 Å². The van der Waals surface area contributed by atoms with Crippen LogP contribution in [0.2, 0.25) is 0 Å². The average molecular weight is 287 g/mol. The highest BCUT2D eigenvalue weighted by Crippen LogP contribution is 2.10. The first-order valence-electron chi connectivity index (χ1n) is 9.42. The SMILES string of the molecule is CCC(C)CC.CCC(C)CC.CCCC(C)CCC. The van der Waals surface area contributed by atoms with Gasteiger partial charge in [-0.25, -0.2) is 0 Å². The predicted molar refractivity (Wildman–Crippen MR) is 98.5 cm³/mol. The van der Waals surface area contributed by atoms with Crippen molar-refractivity contribution in [3.63, 3.8) is 0 Å². The van der Waals surface area contributed by atoms with Crippen LogP contribution in [0, 0.1) is 17.8 Å². The van der Waals surface area contributed by atoms with Gasteiger partial charge >= 0.3 is 0 Å². The Balaban J connectivity index is -0.000000221. The first kappa shape index (κ1) is 25.0. The van der Waals surface area contributed by atoms with Crippen LogP contribution in [0.4, 0.5) is 0 Å². The van der Waals surface area contributed by atoms with Crippen molar-refractivity contribution in [1.29, 1.82) is 0 Å². The standard InChI is InChI=1S/C8H18.2C6H14/c1-4-6-8(3)7-5-2;2*1-4-6(3)5-2/h8H,4-7H2,1-3H3;2*6H,4-5H2,1-3H3. The third-order valence-electron chi connectivity index (χ3n) is 4.35. The molecule has 0 saturated carbocycles. The fourth-order valence-electron chi connectivity index (χ4n) is 1.71. The van der Waals surface area contributed by atoms with Crippen molar-refractivity contribution in [2.45, 2.75) is 114 Å². The van der Waals surface area contributed by atoms with Crippen LogP contribution in [0.15, 0.2) is 0 Å². The zero-order chi connectivity index (χ0) is 16.4. The first-order chi connectivity index (χ1) is 9.42. The lowest BCUT2D eigenvalue weighted by molar-refractivity contribution is 0.480. The molecule has 0 bridgehead atoms. The fourth-order valence-corrected chi connectivity index (χ4v) is 1.71. The molecule has 0 heteroatoms. The Morgan fingerprint density at radius 2 is 0.700 bits per heavy atom. The minimum atomic E-state index is 0.935. The quantitative estimate of drug-likeness (QED) is 0.422. The number of rotatable bonds is 8. The molecule has 0 unspecified atom stereocenters.